The smallest absolute Gasteiger partial charge is 0.407 e. The Balaban J connectivity index is 1.09. The van der Waals surface area contributed by atoms with Crippen molar-refractivity contribution in [3.05, 3.63) is 65.7 Å². The molecule has 0 atom stereocenters. The van der Waals surface area contributed by atoms with Crippen LogP contribution in [-0.2, 0) is 11.3 Å². The third-order valence-electron chi connectivity index (χ3n) is 6.87. The highest BCUT2D eigenvalue weighted by atomic mass is 16.5. The number of amides is 1. The van der Waals surface area contributed by atoms with Gasteiger partial charge in [-0.3, -0.25) is 4.90 Å². The number of likely N-dealkylation sites (tertiary alicyclic amines) is 1. The van der Waals surface area contributed by atoms with Gasteiger partial charge in [-0.05, 0) is 74.9 Å². The van der Waals surface area contributed by atoms with E-state index in [1.165, 1.54) is 18.4 Å². The summed E-state index contributed by atoms with van der Waals surface area (Å²) < 4.78 is 5.50. The molecule has 0 radical (unpaired) electrons. The average Bonchev–Trinajstić information content (AvgIpc) is 2.86. The van der Waals surface area contributed by atoms with Crippen molar-refractivity contribution in [1.82, 2.24) is 10.2 Å². The Labute approximate surface area is 197 Å². The molecule has 1 N–H and O–H groups in total. The second kappa shape index (κ2) is 11.7. The lowest BCUT2D eigenvalue weighted by Gasteiger charge is -2.34. The maximum atomic E-state index is 12.3. The highest BCUT2D eigenvalue weighted by Crippen LogP contribution is 2.23. The molecule has 2 fully saturated rings. The van der Waals surface area contributed by atoms with Crippen LogP contribution in [0.1, 0.15) is 43.2 Å². The van der Waals surface area contributed by atoms with Crippen molar-refractivity contribution < 1.29 is 9.53 Å². The first-order valence-corrected chi connectivity index (χ1v) is 12.1. The van der Waals surface area contributed by atoms with Gasteiger partial charge in [-0.15, -0.1) is 0 Å². The molecule has 0 saturated carbocycles. The topological polar surface area (TPSA) is 68.6 Å². The van der Waals surface area contributed by atoms with Crippen LogP contribution >= 0.6 is 0 Å². The normalized spacial score (nSPS) is 18.0. The second-order valence-electron chi connectivity index (χ2n) is 9.20. The van der Waals surface area contributed by atoms with Crippen molar-refractivity contribution in [3.8, 4) is 6.07 Å². The second-order valence-corrected chi connectivity index (χ2v) is 9.20. The van der Waals surface area contributed by atoms with Crippen LogP contribution in [0.15, 0.2) is 54.6 Å². The number of hydrogen-bond donors (Lipinski definition) is 1. The van der Waals surface area contributed by atoms with Gasteiger partial charge in [-0.25, -0.2) is 4.79 Å². The molecule has 0 bridgehead atoms. The lowest BCUT2D eigenvalue weighted by Crippen LogP contribution is -2.45. The summed E-state index contributed by atoms with van der Waals surface area (Å²) >= 11 is 0. The van der Waals surface area contributed by atoms with E-state index in [-0.39, 0.29) is 12.1 Å². The number of anilines is 1. The van der Waals surface area contributed by atoms with Crippen LogP contribution in [0, 0.1) is 17.2 Å². The van der Waals surface area contributed by atoms with Crippen molar-refractivity contribution in [2.45, 2.75) is 44.7 Å². The monoisotopic (exact) mass is 446 g/mol. The van der Waals surface area contributed by atoms with Gasteiger partial charge in [-0.1, -0.05) is 36.4 Å². The summed E-state index contributed by atoms with van der Waals surface area (Å²) in [5.74, 6) is 0.636. The summed E-state index contributed by atoms with van der Waals surface area (Å²) in [6, 6.07) is 20.7. The van der Waals surface area contributed by atoms with E-state index in [0.29, 0.717) is 18.1 Å². The minimum absolute atomic E-state index is 0.147. The Morgan fingerprint density at radius 3 is 2.48 bits per heavy atom. The van der Waals surface area contributed by atoms with E-state index in [1.807, 2.05) is 24.3 Å². The number of nitrogens with one attached hydrogen (secondary N) is 1. The molecule has 0 unspecified atom stereocenters. The van der Waals surface area contributed by atoms with Gasteiger partial charge in [0.15, 0.2) is 0 Å². The number of alkyl carbamates (subject to hydrolysis) is 1. The fraction of sp³-hybridized carbons (Fsp3) is 0.481. The van der Waals surface area contributed by atoms with Gasteiger partial charge in [0.25, 0.3) is 0 Å². The Bertz CT molecular complexity index is 927. The molecule has 0 aromatic heterocycles. The van der Waals surface area contributed by atoms with Gasteiger partial charge in [-0.2, -0.15) is 5.26 Å². The molecule has 2 heterocycles. The molecule has 1 amide bonds. The molecule has 2 aromatic rings. The summed E-state index contributed by atoms with van der Waals surface area (Å²) in [5, 5.41) is 12.1. The molecule has 0 aliphatic carbocycles. The van der Waals surface area contributed by atoms with Gasteiger partial charge in [0.1, 0.15) is 0 Å². The lowest BCUT2D eigenvalue weighted by molar-refractivity contribution is 0.117. The van der Waals surface area contributed by atoms with Gasteiger partial charge in [0, 0.05) is 31.4 Å². The molecule has 6 heteroatoms. The molecular weight excluding hydrogens is 412 g/mol. The van der Waals surface area contributed by atoms with Crippen molar-refractivity contribution >= 4 is 11.8 Å². The Morgan fingerprint density at radius 2 is 1.76 bits per heavy atom. The van der Waals surface area contributed by atoms with Crippen molar-refractivity contribution in [2.24, 2.45) is 5.92 Å². The van der Waals surface area contributed by atoms with E-state index in [2.05, 4.69) is 51.5 Å². The largest absolute Gasteiger partial charge is 0.450 e. The highest BCUT2D eigenvalue weighted by molar-refractivity contribution is 5.67. The Morgan fingerprint density at radius 1 is 1.00 bits per heavy atom. The Kier molecular flexibility index (Phi) is 8.21. The number of carbonyl (C=O) groups excluding carboxylic acids is 1. The van der Waals surface area contributed by atoms with Crippen LogP contribution in [0.4, 0.5) is 10.5 Å². The predicted molar refractivity (Wildman–Crippen MR) is 130 cm³/mol. The van der Waals surface area contributed by atoms with Crippen molar-refractivity contribution in [1.29, 1.82) is 5.26 Å². The van der Waals surface area contributed by atoms with Crippen LogP contribution in [0.5, 0.6) is 0 Å². The van der Waals surface area contributed by atoms with Gasteiger partial charge in [0.05, 0.1) is 18.2 Å². The van der Waals surface area contributed by atoms with Crippen LogP contribution < -0.4 is 10.2 Å². The third kappa shape index (κ3) is 6.97. The lowest BCUT2D eigenvalue weighted by atomic mass is 9.93. The summed E-state index contributed by atoms with van der Waals surface area (Å²) in [6.45, 7) is 5.47. The van der Waals surface area contributed by atoms with E-state index in [0.717, 1.165) is 57.7 Å². The number of nitriles is 1. The van der Waals surface area contributed by atoms with E-state index in [1.54, 1.807) is 0 Å². The predicted octanol–water partition coefficient (Wildman–Crippen LogP) is 4.56. The van der Waals surface area contributed by atoms with E-state index < -0.39 is 0 Å². The standard InChI is InChI=1S/C27H34N4O2/c28-20-24-7-4-8-26(19-24)31-16-11-25(12-17-31)29-27(32)33-18-13-22-9-14-30(15-10-22)21-23-5-2-1-3-6-23/h1-8,19,22,25H,9-18,21H2,(H,29,32). The number of nitrogens with zero attached hydrogens (tertiary/aromatic N) is 3. The van der Waals surface area contributed by atoms with Crippen LogP contribution in [0.3, 0.4) is 0 Å². The Hall–Kier alpha value is -3.04. The molecule has 2 aromatic carbocycles. The zero-order chi connectivity index (χ0) is 22.9. The number of benzene rings is 2. The van der Waals surface area contributed by atoms with Gasteiger partial charge < -0.3 is 15.0 Å². The summed E-state index contributed by atoms with van der Waals surface area (Å²) in [4.78, 5) is 17.0. The fourth-order valence-electron chi connectivity index (χ4n) is 4.86. The van der Waals surface area contributed by atoms with E-state index in [4.69, 9.17) is 10.00 Å². The maximum Gasteiger partial charge on any atom is 0.407 e. The molecule has 6 nitrogen and oxygen atoms in total. The summed E-state index contributed by atoms with van der Waals surface area (Å²) in [5.41, 5.74) is 3.13. The SMILES string of the molecule is N#Cc1cccc(N2CCC(NC(=O)OCCC3CCN(Cc4ccccc4)CC3)CC2)c1. The molecule has 33 heavy (non-hydrogen) atoms. The minimum Gasteiger partial charge on any atom is -0.450 e. The first kappa shape index (κ1) is 23.1. The summed E-state index contributed by atoms with van der Waals surface area (Å²) in [6.07, 6.45) is 4.76. The molecule has 2 aliphatic heterocycles. The van der Waals surface area contributed by atoms with E-state index >= 15 is 0 Å². The van der Waals surface area contributed by atoms with Gasteiger partial charge >= 0.3 is 6.09 Å². The number of rotatable bonds is 7. The molecule has 0 spiro atoms. The number of hydrogen-bond acceptors (Lipinski definition) is 5. The van der Waals surface area contributed by atoms with Crippen molar-refractivity contribution in [2.75, 3.05) is 37.7 Å². The molecular formula is C27H34N4O2. The highest BCUT2D eigenvalue weighted by Gasteiger charge is 2.23. The molecule has 2 saturated heterocycles. The zero-order valence-corrected chi connectivity index (χ0v) is 19.3. The quantitative estimate of drug-likeness (QED) is 0.675. The van der Waals surface area contributed by atoms with Crippen LogP contribution in [-0.4, -0.2) is 49.8 Å². The van der Waals surface area contributed by atoms with Crippen LogP contribution in [0.25, 0.3) is 0 Å². The average molecular weight is 447 g/mol. The third-order valence-corrected chi connectivity index (χ3v) is 6.87. The molecule has 174 valence electrons. The first-order valence-electron chi connectivity index (χ1n) is 12.1. The fourth-order valence-corrected chi connectivity index (χ4v) is 4.86. The van der Waals surface area contributed by atoms with E-state index in [9.17, 15) is 4.79 Å². The maximum absolute atomic E-state index is 12.3. The molecule has 4 rings (SSSR count). The zero-order valence-electron chi connectivity index (χ0n) is 19.3. The minimum atomic E-state index is -0.290. The number of piperidine rings is 2. The first-order chi connectivity index (χ1) is 16.2. The van der Waals surface area contributed by atoms with Gasteiger partial charge in [0.2, 0.25) is 0 Å². The number of carbonyl (C=O) groups is 1. The summed E-state index contributed by atoms with van der Waals surface area (Å²) in [7, 11) is 0. The van der Waals surface area contributed by atoms with Crippen LogP contribution in [0.2, 0.25) is 0 Å². The number of ether oxygens (including phenoxy) is 1. The molecule has 2 aliphatic rings. The van der Waals surface area contributed by atoms with Crippen molar-refractivity contribution in [3.63, 3.8) is 0 Å².